The van der Waals surface area contributed by atoms with Crippen molar-refractivity contribution < 1.29 is 28.4 Å². The molecule has 0 spiro atoms. The Morgan fingerprint density at radius 1 is 1.34 bits per heavy atom. The first-order chi connectivity index (χ1) is 16.8. The van der Waals surface area contributed by atoms with E-state index in [0.29, 0.717) is 24.0 Å². The van der Waals surface area contributed by atoms with Crippen LogP contribution in [0.3, 0.4) is 0 Å². The van der Waals surface area contributed by atoms with Gasteiger partial charge in [0.2, 0.25) is 11.8 Å². The molecule has 0 bridgehead atoms. The lowest BCUT2D eigenvalue weighted by molar-refractivity contribution is -0.384. The number of ether oxygens (including phenoxy) is 2. The number of hydrogen-bond acceptors (Lipinski definition) is 8. The molecule has 35 heavy (non-hydrogen) atoms. The van der Waals surface area contributed by atoms with E-state index in [2.05, 4.69) is 10.3 Å². The highest BCUT2D eigenvalue weighted by Crippen LogP contribution is 2.34. The highest BCUT2D eigenvalue weighted by molar-refractivity contribution is 8.15. The van der Waals surface area contributed by atoms with Gasteiger partial charge in [0, 0.05) is 19.1 Å². The van der Waals surface area contributed by atoms with E-state index in [1.54, 1.807) is 0 Å². The molecule has 0 saturated carbocycles. The molecule has 2 atom stereocenters. The molecule has 2 aromatic carbocycles. The fraction of sp³-hybridized carbons (Fsp3) is 0.348. The largest absolute Gasteiger partial charge is 0.494 e. The summed E-state index contributed by atoms with van der Waals surface area (Å²) in [5.41, 5.74) is 0.572. The normalized spacial score (nSPS) is 20.9. The van der Waals surface area contributed by atoms with Crippen LogP contribution in [-0.4, -0.2) is 58.4 Å². The van der Waals surface area contributed by atoms with E-state index in [0.717, 1.165) is 24.6 Å². The number of amidine groups is 1. The van der Waals surface area contributed by atoms with Gasteiger partial charge in [-0.2, -0.15) is 0 Å². The van der Waals surface area contributed by atoms with Crippen LogP contribution >= 0.6 is 11.8 Å². The van der Waals surface area contributed by atoms with Crippen LogP contribution in [0.15, 0.2) is 47.5 Å². The smallest absolute Gasteiger partial charge is 0.273 e. The second kappa shape index (κ2) is 10.8. The Labute approximate surface area is 204 Å². The van der Waals surface area contributed by atoms with Gasteiger partial charge in [-0.3, -0.25) is 24.6 Å². The van der Waals surface area contributed by atoms with E-state index in [-0.39, 0.29) is 35.6 Å². The average Bonchev–Trinajstić information content (AvgIpc) is 3.45. The third-order valence-electron chi connectivity index (χ3n) is 5.52. The zero-order valence-electron chi connectivity index (χ0n) is 18.8. The number of benzene rings is 2. The van der Waals surface area contributed by atoms with Crippen molar-refractivity contribution in [3.63, 3.8) is 0 Å². The number of aliphatic imine (C=N–C) groups is 1. The zero-order valence-corrected chi connectivity index (χ0v) is 19.6. The highest BCUT2D eigenvalue weighted by Gasteiger charge is 2.40. The van der Waals surface area contributed by atoms with Crippen molar-refractivity contribution in [1.29, 1.82) is 0 Å². The number of rotatable bonds is 8. The van der Waals surface area contributed by atoms with Gasteiger partial charge in [0.15, 0.2) is 5.17 Å². The summed E-state index contributed by atoms with van der Waals surface area (Å²) in [6, 6.07) is 9.44. The molecule has 0 aromatic heterocycles. The van der Waals surface area contributed by atoms with Crippen LogP contribution in [0.4, 0.5) is 21.5 Å². The number of thioether (sulfide) groups is 1. The molecule has 10 nitrogen and oxygen atoms in total. The summed E-state index contributed by atoms with van der Waals surface area (Å²) in [5.74, 6) is -0.978. The Balaban J connectivity index is 1.50. The van der Waals surface area contributed by atoms with Crippen molar-refractivity contribution in [3.05, 3.63) is 58.4 Å². The van der Waals surface area contributed by atoms with E-state index in [1.807, 2.05) is 0 Å². The lowest BCUT2D eigenvalue weighted by Gasteiger charge is -2.20. The first kappa shape index (κ1) is 24.6. The maximum absolute atomic E-state index is 13.3. The molecule has 2 heterocycles. The van der Waals surface area contributed by atoms with Gasteiger partial charge in [-0.15, -0.1) is 0 Å². The Morgan fingerprint density at radius 3 is 2.77 bits per heavy atom. The van der Waals surface area contributed by atoms with E-state index < -0.39 is 21.9 Å². The Kier molecular flexibility index (Phi) is 7.61. The molecule has 0 radical (unpaired) electrons. The van der Waals surface area contributed by atoms with Crippen molar-refractivity contribution in [2.24, 2.45) is 4.99 Å². The van der Waals surface area contributed by atoms with Crippen molar-refractivity contribution in [2.75, 3.05) is 25.6 Å². The van der Waals surface area contributed by atoms with Gasteiger partial charge < -0.3 is 14.8 Å². The molecular weight excluding hydrogens is 479 g/mol. The van der Waals surface area contributed by atoms with Crippen molar-refractivity contribution in [3.8, 4) is 5.75 Å². The lowest BCUT2D eigenvalue weighted by Crippen LogP contribution is -2.38. The van der Waals surface area contributed by atoms with Gasteiger partial charge in [0.25, 0.3) is 5.69 Å². The number of carbonyl (C=O) groups is 2. The molecule has 2 fully saturated rings. The monoisotopic (exact) mass is 502 g/mol. The molecule has 2 aromatic rings. The molecule has 4 rings (SSSR count). The van der Waals surface area contributed by atoms with Crippen LogP contribution in [0.5, 0.6) is 5.75 Å². The van der Waals surface area contributed by atoms with Gasteiger partial charge in [-0.05, 0) is 43.2 Å². The minimum atomic E-state index is -0.723. The fourth-order valence-corrected chi connectivity index (χ4v) is 4.94. The maximum atomic E-state index is 13.3. The number of hydrogen-bond donors (Lipinski definition) is 1. The number of anilines is 1. The van der Waals surface area contributed by atoms with Gasteiger partial charge in [0.1, 0.15) is 16.8 Å². The summed E-state index contributed by atoms with van der Waals surface area (Å²) in [6.45, 7) is 0.952. The van der Waals surface area contributed by atoms with E-state index in [1.165, 1.54) is 54.5 Å². The standard InChI is InChI=1S/C23H23FN4O6S/c1-33-19-11-16(28(31)32)8-9-18(19)26-21(29)12-20-22(30)27(13-17-3-2-10-34-17)23(35-20)25-15-6-4-14(24)5-7-15/h4-9,11,17,20H,2-3,10,12-13H2,1H3,(H,26,29)/t17-,20-/m1/s1. The fourth-order valence-electron chi connectivity index (χ4n) is 3.78. The summed E-state index contributed by atoms with van der Waals surface area (Å²) in [5, 5.41) is 13.3. The molecule has 1 N–H and O–H groups in total. The maximum Gasteiger partial charge on any atom is 0.273 e. The van der Waals surface area contributed by atoms with E-state index in [9.17, 15) is 24.1 Å². The number of methoxy groups -OCH3 is 1. The minimum absolute atomic E-state index is 0.116. The number of non-ortho nitro benzene ring substituents is 1. The lowest BCUT2D eigenvalue weighted by atomic mass is 10.2. The quantitative estimate of drug-likeness (QED) is 0.429. The van der Waals surface area contributed by atoms with Crippen molar-refractivity contribution >= 4 is 45.8 Å². The second-order valence-electron chi connectivity index (χ2n) is 7.96. The molecule has 2 aliphatic rings. The number of nitro benzene ring substituents is 1. The second-order valence-corrected chi connectivity index (χ2v) is 9.13. The number of nitro groups is 1. The Morgan fingerprint density at radius 2 is 2.11 bits per heavy atom. The van der Waals surface area contributed by atoms with Gasteiger partial charge in [-0.1, -0.05) is 11.8 Å². The van der Waals surface area contributed by atoms with Gasteiger partial charge in [0.05, 0.1) is 42.1 Å². The summed E-state index contributed by atoms with van der Waals surface area (Å²) < 4.78 is 24.1. The van der Waals surface area contributed by atoms with Crippen LogP contribution in [0.2, 0.25) is 0 Å². The van der Waals surface area contributed by atoms with Gasteiger partial charge >= 0.3 is 0 Å². The van der Waals surface area contributed by atoms with Crippen LogP contribution in [0.1, 0.15) is 19.3 Å². The van der Waals surface area contributed by atoms with Crippen LogP contribution in [-0.2, 0) is 14.3 Å². The van der Waals surface area contributed by atoms with E-state index >= 15 is 0 Å². The summed E-state index contributed by atoms with van der Waals surface area (Å²) in [7, 11) is 1.34. The molecule has 12 heteroatoms. The number of halogens is 1. The molecule has 0 aliphatic carbocycles. The minimum Gasteiger partial charge on any atom is -0.494 e. The third-order valence-corrected chi connectivity index (χ3v) is 6.70. The Hall–Kier alpha value is -3.51. The molecule has 2 aliphatic heterocycles. The first-order valence-corrected chi connectivity index (χ1v) is 11.8. The van der Waals surface area contributed by atoms with Crippen LogP contribution < -0.4 is 10.1 Å². The number of carbonyl (C=O) groups excluding carboxylic acids is 2. The molecule has 2 amide bonds. The van der Waals surface area contributed by atoms with Crippen molar-refractivity contribution in [1.82, 2.24) is 4.90 Å². The van der Waals surface area contributed by atoms with Crippen LogP contribution in [0, 0.1) is 15.9 Å². The first-order valence-electron chi connectivity index (χ1n) is 10.9. The molecule has 184 valence electrons. The van der Waals surface area contributed by atoms with E-state index in [4.69, 9.17) is 9.47 Å². The number of amides is 2. The number of nitrogens with zero attached hydrogens (tertiary/aromatic N) is 3. The van der Waals surface area contributed by atoms with Gasteiger partial charge in [-0.25, -0.2) is 9.38 Å². The summed E-state index contributed by atoms with van der Waals surface area (Å²) in [6.07, 6.45) is 1.47. The SMILES string of the molecule is COc1cc([N+](=O)[O-])ccc1NC(=O)C[C@H]1SC(=Nc2ccc(F)cc2)N(C[C@H]2CCCO2)C1=O. The predicted molar refractivity (Wildman–Crippen MR) is 128 cm³/mol. The molecular formula is C23H23FN4O6S. The van der Waals surface area contributed by atoms with Crippen LogP contribution in [0.25, 0.3) is 0 Å². The molecule has 2 saturated heterocycles. The number of nitrogens with one attached hydrogen (secondary N) is 1. The zero-order chi connectivity index (χ0) is 24.9. The Bertz CT molecular complexity index is 1150. The topological polar surface area (TPSA) is 123 Å². The average molecular weight is 503 g/mol. The highest BCUT2D eigenvalue weighted by atomic mass is 32.2. The van der Waals surface area contributed by atoms with Crippen molar-refractivity contribution in [2.45, 2.75) is 30.6 Å². The third kappa shape index (κ3) is 5.95. The summed E-state index contributed by atoms with van der Waals surface area (Å²) >= 11 is 1.16. The summed E-state index contributed by atoms with van der Waals surface area (Å²) in [4.78, 5) is 42.4. The molecule has 0 unspecified atom stereocenters. The predicted octanol–water partition coefficient (Wildman–Crippen LogP) is 3.88.